The van der Waals surface area contributed by atoms with Crippen LogP contribution in [-0.2, 0) is 13.1 Å². The Morgan fingerprint density at radius 3 is 2.61 bits per heavy atom. The van der Waals surface area contributed by atoms with Crippen LogP contribution in [0.25, 0.3) is 0 Å². The number of anilines is 1. The summed E-state index contributed by atoms with van der Waals surface area (Å²) in [7, 11) is 0. The summed E-state index contributed by atoms with van der Waals surface area (Å²) in [4.78, 5) is 2.21. The molecule has 5 nitrogen and oxygen atoms in total. The van der Waals surface area contributed by atoms with E-state index in [1.54, 1.807) is 0 Å². The number of benzene rings is 1. The first-order valence-corrected chi connectivity index (χ1v) is 8.21. The van der Waals surface area contributed by atoms with E-state index in [1.807, 2.05) is 24.3 Å². The second-order valence-corrected chi connectivity index (χ2v) is 5.81. The summed E-state index contributed by atoms with van der Waals surface area (Å²) >= 11 is 0.0977. The molecule has 0 fully saturated rings. The monoisotopic (exact) mass is 333 g/mol. The molecule has 0 aromatic heterocycles. The van der Waals surface area contributed by atoms with E-state index in [1.165, 1.54) is 0 Å². The van der Waals surface area contributed by atoms with Gasteiger partial charge in [-0.1, -0.05) is 0 Å². The van der Waals surface area contributed by atoms with Gasteiger partial charge in [-0.15, -0.1) is 0 Å². The molecule has 0 heterocycles. The molecule has 0 unspecified atom stereocenters. The summed E-state index contributed by atoms with van der Waals surface area (Å²) < 4.78 is 16.0. The van der Waals surface area contributed by atoms with Gasteiger partial charge in [-0.3, -0.25) is 0 Å². The first kappa shape index (κ1) is 15.7. The van der Waals surface area contributed by atoms with Crippen LogP contribution in [0.3, 0.4) is 0 Å². The van der Waals surface area contributed by atoms with Gasteiger partial charge in [0, 0.05) is 0 Å². The van der Waals surface area contributed by atoms with Gasteiger partial charge in [0.15, 0.2) is 0 Å². The van der Waals surface area contributed by atoms with Gasteiger partial charge in [-0.2, -0.15) is 0 Å². The first-order chi connectivity index (χ1) is 8.81. The fourth-order valence-electron chi connectivity index (χ4n) is 1.57. The van der Waals surface area contributed by atoms with Crippen molar-refractivity contribution in [3.8, 4) is 0 Å². The van der Waals surface area contributed by atoms with E-state index in [4.69, 9.17) is 5.26 Å². The molecule has 0 radical (unpaired) electrons. The minimum atomic E-state index is -0.953. The normalized spacial score (nSPS) is 10.8. The molecule has 100 valence electrons. The van der Waals surface area contributed by atoms with Crippen molar-refractivity contribution in [1.82, 2.24) is 0 Å². The third-order valence-corrected chi connectivity index (χ3v) is 3.91. The maximum absolute atomic E-state index is 10.8. The zero-order chi connectivity index (χ0) is 13.2. The van der Waals surface area contributed by atoms with Crippen LogP contribution in [0.4, 0.5) is 5.69 Å². The molecule has 18 heavy (non-hydrogen) atoms. The van der Waals surface area contributed by atoms with Crippen molar-refractivity contribution in [2.24, 2.45) is 0 Å². The summed E-state index contributed by atoms with van der Waals surface area (Å²) in [6.45, 7) is 3.83. The zero-order valence-corrected chi connectivity index (χ0v) is 12.8. The van der Waals surface area contributed by atoms with Gasteiger partial charge in [0.05, 0.1) is 0 Å². The molecule has 0 aliphatic heterocycles. The second kappa shape index (κ2) is 9.53. The van der Waals surface area contributed by atoms with Crippen LogP contribution in [0.2, 0.25) is 0 Å². The van der Waals surface area contributed by atoms with Crippen molar-refractivity contribution in [2.45, 2.75) is 13.3 Å². The van der Waals surface area contributed by atoms with Gasteiger partial charge < -0.3 is 0 Å². The molecule has 0 spiro atoms. The number of hydrogen-bond donors (Lipinski definition) is 1. The van der Waals surface area contributed by atoms with Gasteiger partial charge >= 0.3 is 117 Å². The SMILES string of the molecule is CCCN(CCSOOO)c1ccc([As]=O)cc1. The van der Waals surface area contributed by atoms with Crippen LogP contribution in [-0.4, -0.2) is 39.8 Å². The van der Waals surface area contributed by atoms with Crippen LogP contribution in [0, 0.1) is 0 Å². The molecule has 1 aromatic rings. The molecule has 1 aromatic carbocycles. The van der Waals surface area contributed by atoms with Gasteiger partial charge in [0.2, 0.25) is 0 Å². The van der Waals surface area contributed by atoms with E-state index in [-0.39, 0.29) is 0 Å². The Kier molecular flexibility index (Phi) is 8.29. The summed E-state index contributed by atoms with van der Waals surface area (Å²) in [6.07, 6.45) is 1.04. The molecule has 0 amide bonds. The molecular weight excluding hydrogens is 317 g/mol. The van der Waals surface area contributed by atoms with Gasteiger partial charge in [0.25, 0.3) is 0 Å². The van der Waals surface area contributed by atoms with Gasteiger partial charge in [-0.25, -0.2) is 0 Å². The molecule has 0 bridgehead atoms. The number of rotatable bonds is 9. The molecule has 7 heteroatoms. The van der Waals surface area contributed by atoms with Crippen LogP contribution in [0.1, 0.15) is 13.3 Å². The Morgan fingerprint density at radius 1 is 1.33 bits per heavy atom. The average molecular weight is 333 g/mol. The van der Waals surface area contributed by atoms with E-state index in [2.05, 4.69) is 21.2 Å². The van der Waals surface area contributed by atoms with Crippen LogP contribution in [0.15, 0.2) is 24.3 Å². The van der Waals surface area contributed by atoms with Crippen molar-refractivity contribution >= 4 is 37.8 Å². The third kappa shape index (κ3) is 5.50. The molecular formula is C11H16AsNO4S. The summed E-state index contributed by atoms with van der Waals surface area (Å²) in [5.74, 6) is 0.676. The van der Waals surface area contributed by atoms with Crippen molar-refractivity contribution in [3.63, 3.8) is 0 Å². The molecule has 0 saturated heterocycles. The van der Waals surface area contributed by atoms with Crippen molar-refractivity contribution in [3.05, 3.63) is 24.3 Å². The van der Waals surface area contributed by atoms with E-state index < -0.39 is 15.7 Å². The summed E-state index contributed by atoms with van der Waals surface area (Å²) in [5, 5.41) is 11.6. The van der Waals surface area contributed by atoms with Crippen molar-refractivity contribution in [2.75, 3.05) is 23.7 Å². The van der Waals surface area contributed by atoms with Crippen molar-refractivity contribution in [1.29, 1.82) is 0 Å². The Hall–Kier alpha value is -0.392. The topological polar surface area (TPSA) is 59.0 Å². The van der Waals surface area contributed by atoms with Crippen LogP contribution in [0.5, 0.6) is 0 Å². The molecule has 1 rings (SSSR count). The Labute approximate surface area is 117 Å². The Morgan fingerprint density at radius 2 is 2.06 bits per heavy atom. The fraction of sp³-hybridized carbons (Fsp3) is 0.455. The predicted octanol–water partition coefficient (Wildman–Crippen LogP) is 1.65. The van der Waals surface area contributed by atoms with E-state index in [0.717, 1.165) is 41.6 Å². The average Bonchev–Trinajstić information content (AvgIpc) is 2.42. The third-order valence-electron chi connectivity index (χ3n) is 2.34. The zero-order valence-electron chi connectivity index (χ0n) is 10.1. The van der Waals surface area contributed by atoms with Crippen LogP contribution < -0.4 is 9.25 Å². The minimum absolute atomic E-state index is 0.676. The second-order valence-electron chi connectivity index (χ2n) is 3.56. The van der Waals surface area contributed by atoms with E-state index >= 15 is 0 Å². The van der Waals surface area contributed by atoms with E-state index in [0.29, 0.717) is 5.75 Å². The molecule has 0 atom stereocenters. The molecule has 0 aliphatic carbocycles. The van der Waals surface area contributed by atoms with Crippen molar-refractivity contribution < 1.29 is 18.4 Å². The molecule has 1 N–H and O–H groups in total. The first-order valence-electron chi connectivity index (χ1n) is 5.60. The standard InChI is InChI=1S/C11H16AsNO4S/c1-2-7-13(8-9-18-17-16-15)11-5-3-10(12-14)4-6-11/h3-6,15H,2,7-9H2,1H3. The fourth-order valence-corrected chi connectivity index (χ4v) is 2.54. The summed E-state index contributed by atoms with van der Waals surface area (Å²) in [6, 6.07) is 7.75. The predicted molar refractivity (Wildman–Crippen MR) is 72.3 cm³/mol. The quantitative estimate of drug-likeness (QED) is 0.244. The van der Waals surface area contributed by atoms with E-state index in [9.17, 15) is 3.74 Å². The van der Waals surface area contributed by atoms with Gasteiger partial charge in [0.1, 0.15) is 0 Å². The Bertz CT molecular complexity index is 349. The van der Waals surface area contributed by atoms with Crippen LogP contribution >= 0.6 is 12.0 Å². The maximum atomic E-state index is 10.8. The molecule has 0 saturated carbocycles. The van der Waals surface area contributed by atoms with Gasteiger partial charge in [-0.05, 0) is 0 Å². The number of hydrogen-bond acceptors (Lipinski definition) is 6. The Balaban J connectivity index is 2.55. The number of nitrogens with zero attached hydrogens (tertiary/aromatic N) is 1. The summed E-state index contributed by atoms with van der Waals surface area (Å²) in [5.41, 5.74) is 1.10. The molecule has 0 aliphatic rings.